The molecule has 0 aliphatic rings. The van der Waals surface area contributed by atoms with Gasteiger partial charge in [-0.25, -0.2) is 4.79 Å². The van der Waals surface area contributed by atoms with E-state index in [2.05, 4.69) is 17.6 Å². The van der Waals surface area contributed by atoms with Gasteiger partial charge in [-0.1, -0.05) is 147 Å². The Morgan fingerprint density at radius 2 is 1.19 bits per heavy atom. The van der Waals surface area contributed by atoms with Crippen molar-refractivity contribution in [2.45, 2.75) is 136 Å². The fourth-order valence-electron chi connectivity index (χ4n) is 4.42. The predicted octanol–water partition coefficient (Wildman–Crippen LogP) is 8.32. The number of unbranched alkanes of at least 4 members (excludes halogenated alkanes) is 15. The predicted molar refractivity (Wildman–Crippen MR) is 151 cm³/mol. The van der Waals surface area contributed by atoms with Gasteiger partial charge in [0.1, 0.15) is 12.6 Å². The van der Waals surface area contributed by atoms with E-state index in [1.165, 1.54) is 89.9 Å². The average molecular weight is 503 g/mol. The normalized spacial score (nSPS) is 11.9. The summed E-state index contributed by atoms with van der Waals surface area (Å²) >= 11 is 0. The van der Waals surface area contributed by atoms with Gasteiger partial charge in [0.25, 0.3) is 0 Å². The number of benzene rings is 1. The van der Waals surface area contributed by atoms with Crippen LogP contribution >= 0.6 is 0 Å². The zero-order valence-electron chi connectivity index (χ0n) is 23.5. The van der Waals surface area contributed by atoms with Crippen LogP contribution in [0.1, 0.15) is 129 Å². The Labute approximate surface area is 221 Å². The van der Waals surface area contributed by atoms with E-state index < -0.39 is 12.1 Å². The summed E-state index contributed by atoms with van der Waals surface area (Å²) in [4.78, 5) is 24.7. The third-order valence-electron chi connectivity index (χ3n) is 6.76. The summed E-state index contributed by atoms with van der Waals surface area (Å²) < 4.78 is 5.27. The lowest BCUT2D eigenvalue weighted by molar-refractivity contribution is -0.124. The van der Waals surface area contributed by atoms with Crippen molar-refractivity contribution in [3.05, 3.63) is 35.9 Å². The van der Waals surface area contributed by atoms with Gasteiger partial charge >= 0.3 is 6.09 Å². The van der Waals surface area contributed by atoms with Crippen molar-refractivity contribution >= 4 is 12.0 Å². The number of carbonyl (C=O) groups excluding carboxylic acids is 2. The van der Waals surface area contributed by atoms with Gasteiger partial charge in [0, 0.05) is 6.54 Å². The molecule has 2 N–H and O–H groups in total. The molecule has 1 atom stereocenters. The Morgan fingerprint density at radius 3 is 1.67 bits per heavy atom. The first-order chi connectivity index (χ1) is 17.5. The second kappa shape index (κ2) is 22.2. The molecule has 1 rings (SSSR count). The number of nitrogens with one attached hydrogen (secondary N) is 2. The van der Waals surface area contributed by atoms with Crippen LogP contribution in [-0.2, 0) is 16.1 Å². The summed E-state index contributed by atoms with van der Waals surface area (Å²) in [5.74, 6) is -0.150. The van der Waals surface area contributed by atoms with E-state index >= 15 is 0 Å². The molecule has 0 spiro atoms. The minimum Gasteiger partial charge on any atom is -0.445 e. The molecule has 5 nitrogen and oxygen atoms in total. The van der Waals surface area contributed by atoms with Gasteiger partial charge < -0.3 is 15.4 Å². The summed E-state index contributed by atoms with van der Waals surface area (Å²) in [5, 5.41) is 5.70. The molecule has 206 valence electrons. The van der Waals surface area contributed by atoms with Crippen LogP contribution < -0.4 is 10.6 Å². The summed E-state index contributed by atoms with van der Waals surface area (Å²) in [5.41, 5.74) is 0.918. The molecule has 0 heterocycles. The standard InChI is InChI=1S/C31H54N2O3/c1-4-5-6-7-8-9-10-11-12-13-14-15-16-17-18-22-25-32-30(34)29(27(2)3)33-31(35)36-26-28-23-20-19-21-24-28/h19-21,23-24,27,29H,4-18,22,25-26H2,1-3H3,(H,32,34)(H,33,35)/t29-/m0/s1. The lowest BCUT2D eigenvalue weighted by Gasteiger charge is -2.21. The first-order valence-electron chi connectivity index (χ1n) is 14.8. The number of ether oxygens (including phenoxy) is 1. The third kappa shape index (κ3) is 17.4. The third-order valence-corrected chi connectivity index (χ3v) is 6.76. The van der Waals surface area contributed by atoms with E-state index in [-0.39, 0.29) is 18.4 Å². The molecular weight excluding hydrogens is 448 g/mol. The van der Waals surface area contributed by atoms with E-state index in [1.54, 1.807) is 0 Å². The van der Waals surface area contributed by atoms with E-state index in [0.717, 1.165) is 18.4 Å². The van der Waals surface area contributed by atoms with Gasteiger partial charge in [-0.15, -0.1) is 0 Å². The van der Waals surface area contributed by atoms with Gasteiger partial charge in [-0.2, -0.15) is 0 Å². The molecule has 36 heavy (non-hydrogen) atoms. The monoisotopic (exact) mass is 502 g/mol. The summed E-state index contributed by atoms with van der Waals surface area (Å²) in [6.45, 7) is 6.98. The Kier molecular flexibility index (Phi) is 19.7. The molecule has 0 saturated heterocycles. The smallest absolute Gasteiger partial charge is 0.408 e. The van der Waals surface area contributed by atoms with Gasteiger partial charge in [0.05, 0.1) is 0 Å². The quantitative estimate of drug-likeness (QED) is 0.157. The molecule has 0 aliphatic carbocycles. The molecule has 0 fully saturated rings. The Balaban J connectivity index is 1.98. The molecule has 0 unspecified atom stereocenters. The van der Waals surface area contributed by atoms with E-state index in [0.29, 0.717) is 6.54 Å². The summed E-state index contributed by atoms with van der Waals surface area (Å²) in [6, 6.07) is 8.94. The SMILES string of the molecule is CCCCCCCCCCCCCCCCCCNC(=O)[C@@H](NC(=O)OCc1ccccc1)C(C)C. The van der Waals surface area contributed by atoms with Crippen LogP contribution in [0.3, 0.4) is 0 Å². The first-order valence-corrected chi connectivity index (χ1v) is 14.8. The van der Waals surface area contributed by atoms with Crippen LogP contribution in [0.15, 0.2) is 30.3 Å². The maximum absolute atomic E-state index is 12.6. The molecule has 2 amide bonds. The van der Waals surface area contributed by atoms with Crippen molar-refractivity contribution < 1.29 is 14.3 Å². The van der Waals surface area contributed by atoms with E-state index in [1.807, 2.05) is 44.2 Å². The number of hydrogen-bond donors (Lipinski definition) is 2. The fraction of sp³-hybridized carbons (Fsp3) is 0.742. The number of rotatable bonds is 22. The highest BCUT2D eigenvalue weighted by Gasteiger charge is 2.24. The minimum absolute atomic E-state index is 0.0138. The van der Waals surface area contributed by atoms with E-state index in [9.17, 15) is 9.59 Å². The van der Waals surface area contributed by atoms with Crippen molar-refractivity contribution in [3.8, 4) is 0 Å². The van der Waals surface area contributed by atoms with Gasteiger partial charge in [0.2, 0.25) is 5.91 Å². The topological polar surface area (TPSA) is 67.4 Å². The van der Waals surface area contributed by atoms with Gasteiger partial charge in [-0.05, 0) is 17.9 Å². The Hall–Kier alpha value is -2.04. The van der Waals surface area contributed by atoms with Crippen LogP contribution in [0.2, 0.25) is 0 Å². The Morgan fingerprint density at radius 1 is 0.722 bits per heavy atom. The van der Waals surface area contributed by atoms with Gasteiger partial charge in [0.15, 0.2) is 0 Å². The number of hydrogen-bond acceptors (Lipinski definition) is 3. The van der Waals surface area contributed by atoms with Gasteiger partial charge in [-0.3, -0.25) is 4.79 Å². The molecule has 0 saturated carbocycles. The van der Waals surface area contributed by atoms with Crippen LogP contribution in [0.25, 0.3) is 0 Å². The number of alkyl carbamates (subject to hydrolysis) is 1. The largest absolute Gasteiger partial charge is 0.445 e. The Bertz CT molecular complexity index is 663. The summed E-state index contributed by atoms with van der Waals surface area (Å²) in [7, 11) is 0. The zero-order valence-corrected chi connectivity index (χ0v) is 23.5. The van der Waals surface area contributed by atoms with Crippen molar-refractivity contribution in [2.75, 3.05) is 6.54 Å². The number of carbonyl (C=O) groups is 2. The second-order valence-corrected chi connectivity index (χ2v) is 10.5. The highest BCUT2D eigenvalue weighted by atomic mass is 16.5. The van der Waals surface area contributed by atoms with Crippen molar-refractivity contribution in [3.63, 3.8) is 0 Å². The lowest BCUT2D eigenvalue weighted by atomic mass is 10.0. The maximum Gasteiger partial charge on any atom is 0.408 e. The van der Waals surface area contributed by atoms with Crippen molar-refractivity contribution in [1.82, 2.24) is 10.6 Å². The summed E-state index contributed by atoms with van der Waals surface area (Å²) in [6.07, 6.45) is 20.8. The average Bonchev–Trinajstić information content (AvgIpc) is 2.88. The molecular formula is C31H54N2O3. The van der Waals surface area contributed by atoms with E-state index in [4.69, 9.17) is 4.74 Å². The highest BCUT2D eigenvalue weighted by molar-refractivity contribution is 5.85. The molecule has 0 aliphatic heterocycles. The molecule has 1 aromatic rings. The van der Waals surface area contributed by atoms with Crippen LogP contribution in [0, 0.1) is 5.92 Å². The van der Waals surface area contributed by atoms with Crippen LogP contribution in [0.4, 0.5) is 4.79 Å². The highest BCUT2D eigenvalue weighted by Crippen LogP contribution is 2.13. The minimum atomic E-state index is -0.589. The number of amides is 2. The van der Waals surface area contributed by atoms with Crippen molar-refractivity contribution in [2.24, 2.45) is 5.92 Å². The molecule has 5 heteroatoms. The molecule has 0 aromatic heterocycles. The maximum atomic E-state index is 12.6. The lowest BCUT2D eigenvalue weighted by Crippen LogP contribution is -2.50. The zero-order chi connectivity index (χ0) is 26.3. The second-order valence-electron chi connectivity index (χ2n) is 10.5. The molecule has 0 radical (unpaired) electrons. The molecule has 0 bridgehead atoms. The molecule has 1 aromatic carbocycles. The van der Waals surface area contributed by atoms with Crippen LogP contribution in [-0.4, -0.2) is 24.6 Å². The fourth-order valence-corrected chi connectivity index (χ4v) is 4.42. The van der Waals surface area contributed by atoms with Crippen LogP contribution in [0.5, 0.6) is 0 Å². The first kappa shape index (κ1) is 32.0. The van der Waals surface area contributed by atoms with Crippen molar-refractivity contribution in [1.29, 1.82) is 0 Å².